The lowest BCUT2D eigenvalue weighted by atomic mass is 9.93. The van der Waals surface area contributed by atoms with Crippen LogP contribution in [-0.4, -0.2) is 11.0 Å². The third-order valence-corrected chi connectivity index (χ3v) is 5.41. The zero-order valence-corrected chi connectivity index (χ0v) is 12.2. The van der Waals surface area contributed by atoms with Crippen LogP contribution >= 0.6 is 11.3 Å². The van der Waals surface area contributed by atoms with Crippen molar-refractivity contribution in [2.24, 2.45) is 11.8 Å². The number of nitrogens with zero attached hydrogens (tertiary/aromatic N) is 1. The normalized spacial score (nSPS) is 28.8. The van der Waals surface area contributed by atoms with Gasteiger partial charge in [-0.3, -0.25) is 0 Å². The van der Waals surface area contributed by atoms with Crippen molar-refractivity contribution in [2.45, 2.75) is 59.5 Å². The average Bonchev–Trinajstić information content (AvgIpc) is 2.81. The molecular formula is C14H24N2S. The minimum absolute atomic E-state index is 0.699. The number of hydrogen-bond acceptors (Lipinski definition) is 3. The largest absolute Gasteiger partial charge is 0.307 e. The van der Waals surface area contributed by atoms with Crippen LogP contribution < -0.4 is 5.32 Å². The minimum atomic E-state index is 0.699. The second-order valence-electron chi connectivity index (χ2n) is 5.34. The van der Waals surface area contributed by atoms with Gasteiger partial charge in [-0.15, -0.1) is 11.3 Å². The van der Waals surface area contributed by atoms with Crippen LogP contribution in [0.4, 0.5) is 0 Å². The Labute approximate surface area is 109 Å². The SMILES string of the molecule is CCC1CCC(NCc2nc(C)c(C)s2)C1C. The lowest BCUT2D eigenvalue weighted by molar-refractivity contribution is 0.344. The number of thiazole rings is 1. The molecule has 1 aliphatic carbocycles. The van der Waals surface area contributed by atoms with E-state index in [9.17, 15) is 0 Å². The predicted octanol–water partition coefficient (Wildman–Crippen LogP) is 3.67. The minimum Gasteiger partial charge on any atom is -0.307 e. The number of aromatic nitrogens is 1. The topological polar surface area (TPSA) is 24.9 Å². The van der Waals surface area contributed by atoms with Crippen molar-refractivity contribution >= 4 is 11.3 Å². The van der Waals surface area contributed by atoms with Crippen molar-refractivity contribution in [3.8, 4) is 0 Å². The molecular weight excluding hydrogens is 228 g/mol. The zero-order chi connectivity index (χ0) is 12.4. The van der Waals surface area contributed by atoms with Crippen LogP contribution in [0, 0.1) is 25.7 Å². The van der Waals surface area contributed by atoms with E-state index in [1.54, 1.807) is 0 Å². The maximum atomic E-state index is 4.59. The van der Waals surface area contributed by atoms with Crippen molar-refractivity contribution in [3.63, 3.8) is 0 Å². The first kappa shape index (κ1) is 13.0. The van der Waals surface area contributed by atoms with Gasteiger partial charge >= 0.3 is 0 Å². The second kappa shape index (κ2) is 5.49. The van der Waals surface area contributed by atoms with Gasteiger partial charge in [0.25, 0.3) is 0 Å². The summed E-state index contributed by atoms with van der Waals surface area (Å²) in [6, 6.07) is 0.699. The molecule has 1 saturated carbocycles. The maximum Gasteiger partial charge on any atom is 0.107 e. The highest BCUT2D eigenvalue weighted by Crippen LogP contribution is 2.34. The van der Waals surface area contributed by atoms with Gasteiger partial charge in [0.2, 0.25) is 0 Å². The van der Waals surface area contributed by atoms with E-state index < -0.39 is 0 Å². The third kappa shape index (κ3) is 2.89. The Morgan fingerprint density at radius 3 is 2.65 bits per heavy atom. The Hall–Kier alpha value is -0.410. The average molecular weight is 252 g/mol. The molecule has 0 amide bonds. The quantitative estimate of drug-likeness (QED) is 0.884. The van der Waals surface area contributed by atoms with Gasteiger partial charge in [0.05, 0.1) is 5.69 Å². The molecule has 1 aromatic rings. The molecule has 96 valence electrons. The fourth-order valence-corrected chi connectivity index (χ4v) is 3.83. The molecule has 3 unspecified atom stereocenters. The lowest BCUT2D eigenvalue weighted by Crippen LogP contribution is -2.32. The number of aryl methyl sites for hydroxylation is 2. The fraction of sp³-hybridized carbons (Fsp3) is 0.786. The highest BCUT2D eigenvalue weighted by Gasteiger charge is 2.31. The molecule has 3 atom stereocenters. The Morgan fingerprint density at radius 2 is 2.12 bits per heavy atom. The molecule has 0 saturated heterocycles. The molecule has 17 heavy (non-hydrogen) atoms. The zero-order valence-electron chi connectivity index (χ0n) is 11.4. The van der Waals surface area contributed by atoms with E-state index in [4.69, 9.17) is 0 Å². The van der Waals surface area contributed by atoms with Crippen molar-refractivity contribution < 1.29 is 0 Å². The summed E-state index contributed by atoms with van der Waals surface area (Å²) in [4.78, 5) is 5.95. The van der Waals surface area contributed by atoms with E-state index in [1.165, 1.54) is 34.8 Å². The molecule has 1 fully saturated rings. The van der Waals surface area contributed by atoms with Gasteiger partial charge in [-0.2, -0.15) is 0 Å². The summed E-state index contributed by atoms with van der Waals surface area (Å²) in [7, 11) is 0. The number of hydrogen-bond donors (Lipinski definition) is 1. The first-order valence-corrected chi connectivity index (χ1v) is 7.59. The van der Waals surface area contributed by atoms with Crippen LogP contribution in [0.3, 0.4) is 0 Å². The van der Waals surface area contributed by atoms with Crippen LogP contribution in [0.2, 0.25) is 0 Å². The van der Waals surface area contributed by atoms with Crippen LogP contribution in [0.25, 0.3) is 0 Å². The van der Waals surface area contributed by atoms with Crippen molar-refractivity contribution in [1.82, 2.24) is 10.3 Å². The summed E-state index contributed by atoms with van der Waals surface area (Å²) in [5.74, 6) is 1.74. The monoisotopic (exact) mass is 252 g/mol. The van der Waals surface area contributed by atoms with Gasteiger partial charge in [-0.25, -0.2) is 4.98 Å². The fourth-order valence-electron chi connectivity index (χ4n) is 2.94. The standard InChI is InChI=1S/C14H24N2S/c1-5-12-6-7-13(9(12)2)15-8-14-16-10(3)11(4)17-14/h9,12-13,15H,5-8H2,1-4H3. The van der Waals surface area contributed by atoms with E-state index in [-0.39, 0.29) is 0 Å². The molecule has 1 heterocycles. The first-order chi connectivity index (χ1) is 8.11. The Bertz CT molecular complexity index is 353. The van der Waals surface area contributed by atoms with E-state index in [0.29, 0.717) is 6.04 Å². The molecule has 0 radical (unpaired) electrons. The molecule has 0 bridgehead atoms. The van der Waals surface area contributed by atoms with Crippen molar-refractivity contribution in [1.29, 1.82) is 0 Å². The second-order valence-corrected chi connectivity index (χ2v) is 6.63. The molecule has 1 N–H and O–H groups in total. The molecule has 0 spiro atoms. The molecule has 1 aliphatic rings. The summed E-state index contributed by atoms with van der Waals surface area (Å²) in [6.07, 6.45) is 4.06. The van der Waals surface area contributed by atoms with Crippen LogP contribution in [0.1, 0.15) is 48.7 Å². The molecule has 1 aromatic heterocycles. The van der Waals surface area contributed by atoms with E-state index in [0.717, 1.165) is 18.4 Å². The van der Waals surface area contributed by atoms with Crippen LogP contribution in [0.15, 0.2) is 0 Å². The summed E-state index contributed by atoms with van der Waals surface area (Å²) >= 11 is 1.83. The predicted molar refractivity (Wildman–Crippen MR) is 74.4 cm³/mol. The van der Waals surface area contributed by atoms with Gasteiger partial charge in [0, 0.05) is 17.5 Å². The van der Waals surface area contributed by atoms with Gasteiger partial charge in [0.1, 0.15) is 5.01 Å². The van der Waals surface area contributed by atoms with Gasteiger partial charge in [-0.1, -0.05) is 20.3 Å². The molecule has 2 rings (SSSR count). The highest BCUT2D eigenvalue weighted by atomic mass is 32.1. The lowest BCUT2D eigenvalue weighted by Gasteiger charge is -2.20. The molecule has 3 heteroatoms. The first-order valence-electron chi connectivity index (χ1n) is 6.78. The molecule has 2 nitrogen and oxygen atoms in total. The van der Waals surface area contributed by atoms with E-state index >= 15 is 0 Å². The summed E-state index contributed by atoms with van der Waals surface area (Å²) in [6.45, 7) is 9.92. The summed E-state index contributed by atoms with van der Waals surface area (Å²) < 4.78 is 0. The Kier molecular flexibility index (Phi) is 4.21. The Balaban J connectivity index is 1.86. The Morgan fingerprint density at radius 1 is 1.35 bits per heavy atom. The number of nitrogens with one attached hydrogen (secondary N) is 1. The van der Waals surface area contributed by atoms with Gasteiger partial charge < -0.3 is 5.32 Å². The number of rotatable bonds is 4. The summed E-state index contributed by atoms with van der Waals surface area (Å²) in [5.41, 5.74) is 1.19. The maximum absolute atomic E-state index is 4.59. The van der Waals surface area contributed by atoms with E-state index in [1.807, 2.05) is 11.3 Å². The summed E-state index contributed by atoms with van der Waals surface area (Å²) in [5, 5.41) is 4.94. The van der Waals surface area contributed by atoms with Crippen LogP contribution in [0.5, 0.6) is 0 Å². The highest BCUT2D eigenvalue weighted by molar-refractivity contribution is 7.11. The molecule has 0 aromatic carbocycles. The van der Waals surface area contributed by atoms with Gasteiger partial charge in [-0.05, 0) is 38.5 Å². The third-order valence-electron chi connectivity index (χ3n) is 4.34. The van der Waals surface area contributed by atoms with Gasteiger partial charge in [0.15, 0.2) is 0 Å². The van der Waals surface area contributed by atoms with E-state index in [2.05, 4.69) is 38.0 Å². The van der Waals surface area contributed by atoms with Crippen molar-refractivity contribution in [3.05, 3.63) is 15.6 Å². The van der Waals surface area contributed by atoms with Crippen molar-refractivity contribution in [2.75, 3.05) is 0 Å². The smallest absolute Gasteiger partial charge is 0.107 e. The molecule has 0 aliphatic heterocycles. The van der Waals surface area contributed by atoms with Crippen LogP contribution in [-0.2, 0) is 6.54 Å².